The minimum atomic E-state index is -3.70. The van der Waals surface area contributed by atoms with Crippen LogP contribution in [0.15, 0.2) is 28.6 Å². The summed E-state index contributed by atoms with van der Waals surface area (Å²) in [5.41, 5.74) is 0.855. The average molecular weight is 443 g/mol. The first-order valence-electron chi connectivity index (χ1n) is 9.11. The number of halogens is 1. The summed E-state index contributed by atoms with van der Waals surface area (Å²) < 4.78 is 26.9. The van der Waals surface area contributed by atoms with Crippen molar-refractivity contribution < 1.29 is 13.2 Å². The Bertz CT molecular complexity index is 938. The second-order valence-electron chi connectivity index (χ2n) is 7.02. The Hall–Kier alpha value is -1.55. The lowest BCUT2D eigenvalue weighted by Gasteiger charge is -2.30. The number of nitrogens with one attached hydrogen (secondary N) is 1. The number of piperidine rings is 1. The number of amides is 1. The van der Waals surface area contributed by atoms with E-state index in [1.807, 2.05) is 5.38 Å². The molecular formula is C18H23ClN4O3S2. The smallest absolute Gasteiger partial charge is 0.246 e. The van der Waals surface area contributed by atoms with Gasteiger partial charge in [0.1, 0.15) is 10.0 Å². The lowest BCUT2D eigenvalue weighted by molar-refractivity contribution is -0.126. The predicted molar refractivity (Wildman–Crippen MR) is 109 cm³/mol. The fourth-order valence-corrected chi connectivity index (χ4v) is 5.78. The number of carbonyl (C=O) groups excluding carboxylic acids is 1. The van der Waals surface area contributed by atoms with Gasteiger partial charge >= 0.3 is 0 Å². The highest BCUT2D eigenvalue weighted by atomic mass is 35.5. The Labute approximate surface area is 174 Å². The van der Waals surface area contributed by atoms with E-state index in [0.717, 1.165) is 10.7 Å². The van der Waals surface area contributed by atoms with Gasteiger partial charge in [0.05, 0.1) is 17.2 Å². The molecule has 10 heteroatoms. The number of rotatable bonds is 6. The number of aromatic nitrogens is 2. The normalized spacial score (nSPS) is 16.4. The zero-order valence-corrected chi connectivity index (χ0v) is 18.1. The molecule has 1 saturated heterocycles. The van der Waals surface area contributed by atoms with Gasteiger partial charge < -0.3 is 5.32 Å². The van der Waals surface area contributed by atoms with Crippen molar-refractivity contribution in [1.82, 2.24) is 19.6 Å². The number of hydrogen-bond donors (Lipinski definition) is 1. The third-order valence-corrected chi connectivity index (χ3v) is 8.21. The van der Waals surface area contributed by atoms with Gasteiger partial charge in [0.25, 0.3) is 0 Å². The van der Waals surface area contributed by atoms with E-state index < -0.39 is 10.0 Å². The third-order valence-electron chi connectivity index (χ3n) is 4.67. The number of thiazole rings is 1. The Morgan fingerprint density at radius 2 is 2.11 bits per heavy atom. The molecule has 0 unspecified atom stereocenters. The van der Waals surface area contributed by atoms with Crippen molar-refractivity contribution in [1.29, 1.82) is 0 Å². The maximum absolute atomic E-state index is 12.7. The van der Waals surface area contributed by atoms with Crippen molar-refractivity contribution in [3.63, 3.8) is 0 Å². The van der Waals surface area contributed by atoms with Crippen LogP contribution in [0.2, 0.25) is 5.15 Å². The molecule has 3 heterocycles. The van der Waals surface area contributed by atoms with Crippen LogP contribution < -0.4 is 5.32 Å². The van der Waals surface area contributed by atoms with Gasteiger partial charge in [0.15, 0.2) is 0 Å². The summed E-state index contributed by atoms with van der Waals surface area (Å²) in [6.07, 6.45) is 2.39. The fraction of sp³-hybridized carbons (Fsp3) is 0.500. The third kappa shape index (κ3) is 4.71. The average Bonchev–Trinajstić information content (AvgIpc) is 3.16. The van der Waals surface area contributed by atoms with E-state index in [0.29, 0.717) is 25.3 Å². The van der Waals surface area contributed by atoms with Crippen LogP contribution in [-0.2, 0) is 21.4 Å². The van der Waals surface area contributed by atoms with Gasteiger partial charge in [-0.2, -0.15) is 4.31 Å². The zero-order valence-electron chi connectivity index (χ0n) is 15.8. The maximum atomic E-state index is 12.7. The molecular weight excluding hydrogens is 420 g/mol. The maximum Gasteiger partial charge on any atom is 0.246 e. The fourth-order valence-electron chi connectivity index (χ4n) is 3.05. The molecule has 0 radical (unpaired) electrons. The summed E-state index contributed by atoms with van der Waals surface area (Å²) in [5, 5.41) is 5.90. The molecule has 2 aromatic heterocycles. The number of nitrogens with zero attached hydrogens (tertiary/aromatic N) is 3. The lowest BCUT2D eigenvalue weighted by atomic mass is 9.97. The van der Waals surface area contributed by atoms with Crippen molar-refractivity contribution in [2.75, 3.05) is 13.1 Å². The van der Waals surface area contributed by atoms with Crippen LogP contribution in [0.25, 0.3) is 0 Å². The summed E-state index contributed by atoms with van der Waals surface area (Å²) in [5.74, 6) is 0.101. The quantitative estimate of drug-likeness (QED) is 0.694. The second-order valence-corrected chi connectivity index (χ2v) is 10.2. The molecule has 0 aromatic carbocycles. The Kier molecular flexibility index (Phi) is 6.69. The van der Waals surface area contributed by atoms with E-state index in [2.05, 4.69) is 29.1 Å². The van der Waals surface area contributed by atoms with Crippen LogP contribution in [0, 0.1) is 5.92 Å². The largest absolute Gasteiger partial charge is 0.350 e. The van der Waals surface area contributed by atoms with E-state index in [-0.39, 0.29) is 35.0 Å². The molecule has 0 spiro atoms. The Morgan fingerprint density at radius 3 is 2.71 bits per heavy atom. The molecule has 1 fully saturated rings. The van der Waals surface area contributed by atoms with Gasteiger partial charge in [0.2, 0.25) is 15.9 Å². The molecule has 7 nitrogen and oxygen atoms in total. The van der Waals surface area contributed by atoms with Crippen molar-refractivity contribution >= 4 is 38.9 Å². The first kappa shape index (κ1) is 21.2. The highest BCUT2D eigenvalue weighted by molar-refractivity contribution is 7.89. The SMILES string of the molecule is CC(C)c1nc(CNC(=O)C2CCN(S(=O)(=O)c3cccnc3Cl)CC2)cs1. The van der Waals surface area contributed by atoms with Crippen LogP contribution in [-0.4, -0.2) is 41.7 Å². The highest BCUT2D eigenvalue weighted by Crippen LogP contribution is 2.27. The van der Waals surface area contributed by atoms with Gasteiger partial charge in [-0.25, -0.2) is 18.4 Å². The molecule has 1 aliphatic rings. The van der Waals surface area contributed by atoms with Gasteiger partial charge in [-0.3, -0.25) is 4.79 Å². The summed E-state index contributed by atoms with van der Waals surface area (Å²) in [4.78, 5) is 20.8. The van der Waals surface area contributed by atoms with Gasteiger partial charge in [-0.05, 0) is 25.0 Å². The van der Waals surface area contributed by atoms with Gasteiger partial charge in [0, 0.05) is 36.5 Å². The van der Waals surface area contributed by atoms with E-state index in [1.54, 1.807) is 17.4 Å². The minimum absolute atomic E-state index is 0.00376. The summed E-state index contributed by atoms with van der Waals surface area (Å²) in [7, 11) is -3.70. The van der Waals surface area contributed by atoms with Crippen molar-refractivity contribution in [2.45, 2.75) is 44.0 Å². The minimum Gasteiger partial charge on any atom is -0.350 e. The molecule has 1 amide bonds. The van der Waals surface area contributed by atoms with E-state index in [9.17, 15) is 13.2 Å². The molecule has 1 aliphatic heterocycles. The van der Waals surface area contributed by atoms with Crippen LogP contribution in [0.4, 0.5) is 0 Å². The summed E-state index contributed by atoms with van der Waals surface area (Å²) >= 11 is 7.54. The van der Waals surface area contributed by atoms with Crippen molar-refractivity contribution in [2.24, 2.45) is 5.92 Å². The molecule has 28 heavy (non-hydrogen) atoms. The molecule has 0 bridgehead atoms. The van der Waals surface area contributed by atoms with Crippen LogP contribution >= 0.6 is 22.9 Å². The van der Waals surface area contributed by atoms with Gasteiger partial charge in [-0.15, -0.1) is 11.3 Å². The highest BCUT2D eigenvalue weighted by Gasteiger charge is 2.33. The first-order chi connectivity index (χ1) is 13.3. The van der Waals surface area contributed by atoms with E-state index in [4.69, 9.17) is 11.6 Å². The molecule has 0 atom stereocenters. The van der Waals surface area contributed by atoms with Gasteiger partial charge in [-0.1, -0.05) is 25.4 Å². The Morgan fingerprint density at radius 1 is 1.39 bits per heavy atom. The van der Waals surface area contributed by atoms with E-state index >= 15 is 0 Å². The lowest BCUT2D eigenvalue weighted by Crippen LogP contribution is -2.43. The molecule has 3 rings (SSSR count). The molecule has 152 valence electrons. The van der Waals surface area contributed by atoms with Crippen LogP contribution in [0.3, 0.4) is 0 Å². The molecule has 2 aromatic rings. The monoisotopic (exact) mass is 442 g/mol. The molecule has 0 aliphatic carbocycles. The first-order valence-corrected chi connectivity index (χ1v) is 11.8. The van der Waals surface area contributed by atoms with Crippen molar-refractivity contribution in [3.8, 4) is 0 Å². The number of pyridine rings is 1. The Balaban J connectivity index is 1.54. The number of carbonyl (C=O) groups is 1. The molecule has 0 saturated carbocycles. The number of hydrogen-bond acceptors (Lipinski definition) is 6. The standard InChI is InChI=1S/C18H23ClN4O3S2/c1-12(2)18-22-14(11-27-18)10-21-17(24)13-5-8-23(9-6-13)28(25,26)15-4-3-7-20-16(15)19/h3-4,7,11-13H,5-6,8-10H2,1-2H3,(H,21,24). The molecule has 1 N–H and O–H groups in total. The summed E-state index contributed by atoms with van der Waals surface area (Å²) in [6, 6.07) is 2.99. The van der Waals surface area contributed by atoms with Crippen molar-refractivity contribution in [3.05, 3.63) is 39.6 Å². The van der Waals surface area contributed by atoms with Crippen LogP contribution in [0.1, 0.15) is 43.3 Å². The predicted octanol–water partition coefficient (Wildman–Crippen LogP) is 3.03. The van der Waals surface area contributed by atoms with E-state index in [1.165, 1.54) is 16.6 Å². The topological polar surface area (TPSA) is 92.3 Å². The summed E-state index contributed by atoms with van der Waals surface area (Å²) in [6.45, 7) is 5.12. The van der Waals surface area contributed by atoms with Crippen LogP contribution in [0.5, 0.6) is 0 Å². The zero-order chi connectivity index (χ0) is 20.3. The number of sulfonamides is 1. The second kappa shape index (κ2) is 8.86.